The molecule has 3 heteroatoms. The number of rotatable bonds is 3. The maximum absolute atomic E-state index is 4.40. The van der Waals surface area contributed by atoms with Crippen LogP contribution in [0.3, 0.4) is 0 Å². The van der Waals surface area contributed by atoms with Crippen molar-refractivity contribution in [2.24, 2.45) is 5.41 Å². The predicted molar refractivity (Wildman–Crippen MR) is 78.4 cm³/mol. The SMILES string of the molecule is Cc1ccnc(NC(C)(C)CC(C)(C)C)c1Br. The van der Waals surface area contributed by atoms with Gasteiger partial charge in [0.15, 0.2) is 0 Å². The molecule has 0 aliphatic carbocycles. The summed E-state index contributed by atoms with van der Waals surface area (Å²) in [7, 11) is 0. The number of halogens is 1. The fourth-order valence-corrected chi connectivity index (χ4v) is 2.65. The van der Waals surface area contributed by atoms with E-state index >= 15 is 0 Å². The lowest BCUT2D eigenvalue weighted by Gasteiger charge is -2.34. The molecule has 0 aliphatic rings. The molecule has 0 fully saturated rings. The Bertz CT molecular complexity index is 392. The van der Waals surface area contributed by atoms with E-state index in [1.54, 1.807) is 0 Å². The van der Waals surface area contributed by atoms with E-state index in [2.05, 4.69) is 67.8 Å². The fourth-order valence-electron chi connectivity index (χ4n) is 2.32. The summed E-state index contributed by atoms with van der Waals surface area (Å²) in [5.74, 6) is 0.930. The molecule has 0 saturated heterocycles. The Labute approximate surface area is 113 Å². The van der Waals surface area contributed by atoms with E-state index in [1.807, 2.05) is 12.3 Å². The van der Waals surface area contributed by atoms with Crippen molar-refractivity contribution in [2.45, 2.75) is 53.5 Å². The number of pyridine rings is 1. The smallest absolute Gasteiger partial charge is 0.140 e. The Morgan fingerprint density at radius 1 is 1.24 bits per heavy atom. The molecular formula is C14H23BrN2. The molecule has 0 saturated carbocycles. The van der Waals surface area contributed by atoms with Crippen LogP contribution in [-0.4, -0.2) is 10.5 Å². The lowest BCUT2D eigenvalue weighted by molar-refractivity contribution is 0.302. The monoisotopic (exact) mass is 298 g/mol. The molecule has 0 unspecified atom stereocenters. The van der Waals surface area contributed by atoms with E-state index in [-0.39, 0.29) is 5.54 Å². The Kier molecular flexibility index (Phi) is 4.23. The summed E-state index contributed by atoms with van der Waals surface area (Å²) in [6, 6.07) is 2.01. The highest BCUT2D eigenvalue weighted by Gasteiger charge is 2.26. The van der Waals surface area contributed by atoms with E-state index in [9.17, 15) is 0 Å². The van der Waals surface area contributed by atoms with Crippen molar-refractivity contribution < 1.29 is 0 Å². The minimum absolute atomic E-state index is 0.0293. The summed E-state index contributed by atoms with van der Waals surface area (Å²) in [5, 5.41) is 3.53. The molecule has 2 nitrogen and oxygen atoms in total. The van der Waals surface area contributed by atoms with E-state index in [0.717, 1.165) is 16.7 Å². The average Bonchev–Trinajstić information content (AvgIpc) is 2.08. The Morgan fingerprint density at radius 2 is 1.82 bits per heavy atom. The molecule has 0 spiro atoms. The first-order valence-electron chi connectivity index (χ1n) is 6.00. The van der Waals surface area contributed by atoms with Crippen molar-refractivity contribution in [3.05, 3.63) is 22.3 Å². The van der Waals surface area contributed by atoms with Crippen LogP contribution in [-0.2, 0) is 0 Å². The highest BCUT2D eigenvalue weighted by Crippen LogP contribution is 2.32. The van der Waals surface area contributed by atoms with Crippen molar-refractivity contribution in [3.63, 3.8) is 0 Å². The van der Waals surface area contributed by atoms with Crippen molar-refractivity contribution in [1.82, 2.24) is 4.98 Å². The molecule has 0 amide bonds. The van der Waals surface area contributed by atoms with Gasteiger partial charge in [0, 0.05) is 11.7 Å². The van der Waals surface area contributed by atoms with Crippen LogP contribution in [0.5, 0.6) is 0 Å². The zero-order valence-electron chi connectivity index (χ0n) is 11.7. The predicted octanol–water partition coefficient (Wildman–Crippen LogP) is 4.78. The molecule has 0 radical (unpaired) electrons. The average molecular weight is 299 g/mol. The van der Waals surface area contributed by atoms with Gasteiger partial charge in [-0.3, -0.25) is 0 Å². The van der Waals surface area contributed by atoms with Crippen LogP contribution >= 0.6 is 15.9 Å². The second-order valence-corrected chi connectivity index (χ2v) is 7.33. The van der Waals surface area contributed by atoms with Crippen LogP contribution in [0, 0.1) is 12.3 Å². The minimum atomic E-state index is 0.0293. The van der Waals surface area contributed by atoms with Crippen LogP contribution in [0.4, 0.5) is 5.82 Å². The van der Waals surface area contributed by atoms with Gasteiger partial charge in [0.1, 0.15) is 5.82 Å². The second-order valence-electron chi connectivity index (χ2n) is 6.54. The molecular weight excluding hydrogens is 276 g/mol. The number of aromatic nitrogens is 1. The molecule has 1 aromatic heterocycles. The third-order valence-corrected chi connectivity index (χ3v) is 3.51. The summed E-state index contributed by atoms with van der Waals surface area (Å²) >= 11 is 3.59. The third-order valence-electron chi connectivity index (χ3n) is 2.51. The second kappa shape index (κ2) is 4.97. The number of anilines is 1. The Balaban J connectivity index is 2.87. The first-order chi connectivity index (χ1) is 7.61. The van der Waals surface area contributed by atoms with Gasteiger partial charge in [-0.15, -0.1) is 0 Å². The standard InChI is InChI=1S/C14H23BrN2/c1-10-7-8-16-12(11(10)15)17-14(5,6)9-13(2,3)4/h7-8H,9H2,1-6H3,(H,16,17). The molecule has 1 aromatic rings. The van der Waals surface area contributed by atoms with Gasteiger partial charge >= 0.3 is 0 Å². The summed E-state index contributed by atoms with van der Waals surface area (Å²) < 4.78 is 1.06. The normalized spacial score (nSPS) is 12.6. The number of hydrogen-bond acceptors (Lipinski definition) is 2. The van der Waals surface area contributed by atoms with E-state index in [4.69, 9.17) is 0 Å². The first kappa shape index (κ1) is 14.5. The topological polar surface area (TPSA) is 24.9 Å². The molecule has 1 heterocycles. The molecule has 0 bridgehead atoms. The number of hydrogen-bond donors (Lipinski definition) is 1. The molecule has 0 aliphatic heterocycles. The molecule has 1 N–H and O–H groups in total. The Morgan fingerprint density at radius 3 is 2.35 bits per heavy atom. The van der Waals surface area contributed by atoms with Crippen LogP contribution in [0.25, 0.3) is 0 Å². The van der Waals surface area contributed by atoms with Crippen LogP contribution in [0.2, 0.25) is 0 Å². The number of aryl methyl sites for hydroxylation is 1. The third kappa shape index (κ3) is 4.66. The maximum Gasteiger partial charge on any atom is 0.140 e. The number of nitrogens with zero attached hydrogens (tertiary/aromatic N) is 1. The van der Waals surface area contributed by atoms with E-state index in [0.29, 0.717) is 5.41 Å². The van der Waals surface area contributed by atoms with Gasteiger partial charge in [0.25, 0.3) is 0 Å². The van der Waals surface area contributed by atoms with Gasteiger partial charge in [-0.1, -0.05) is 20.8 Å². The van der Waals surface area contributed by atoms with Gasteiger partial charge in [0.2, 0.25) is 0 Å². The van der Waals surface area contributed by atoms with Gasteiger partial charge < -0.3 is 5.32 Å². The van der Waals surface area contributed by atoms with Crippen molar-refractivity contribution in [3.8, 4) is 0 Å². The van der Waals surface area contributed by atoms with Gasteiger partial charge in [-0.25, -0.2) is 4.98 Å². The quantitative estimate of drug-likeness (QED) is 0.869. The zero-order valence-corrected chi connectivity index (χ0v) is 13.3. The van der Waals surface area contributed by atoms with Crippen LogP contribution in [0.15, 0.2) is 16.7 Å². The molecule has 0 aromatic carbocycles. The van der Waals surface area contributed by atoms with Crippen molar-refractivity contribution >= 4 is 21.7 Å². The highest BCUT2D eigenvalue weighted by molar-refractivity contribution is 9.10. The summed E-state index contributed by atoms with van der Waals surface area (Å²) in [4.78, 5) is 4.40. The van der Waals surface area contributed by atoms with Crippen LogP contribution < -0.4 is 5.32 Å². The Hall–Kier alpha value is -0.570. The zero-order chi connectivity index (χ0) is 13.3. The van der Waals surface area contributed by atoms with Gasteiger partial charge in [-0.05, 0) is 60.2 Å². The number of nitrogens with one attached hydrogen (secondary N) is 1. The molecule has 96 valence electrons. The fraction of sp³-hybridized carbons (Fsp3) is 0.643. The van der Waals surface area contributed by atoms with E-state index < -0.39 is 0 Å². The maximum atomic E-state index is 4.40. The van der Waals surface area contributed by atoms with Crippen molar-refractivity contribution in [2.75, 3.05) is 5.32 Å². The first-order valence-corrected chi connectivity index (χ1v) is 6.79. The van der Waals surface area contributed by atoms with Crippen LogP contribution in [0.1, 0.15) is 46.6 Å². The highest BCUT2D eigenvalue weighted by atomic mass is 79.9. The summed E-state index contributed by atoms with van der Waals surface area (Å²) in [6.07, 6.45) is 2.93. The van der Waals surface area contributed by atoms with E-state index in [1.165, 1.54) is 5.56 Å². The van der Waals surface area contributed by atoms with Gasteiger partial charge in [-0.2, -0.15) is 0 Å². The summed E-state index contributed by atoms with van der Waals surface area (Å²) in [5.41, 5.74) is 1.53. The lowest BCUT2D eigenvalue weighted by Crippen LogP contribution is -2.35. The van der Waals surface area contributed by atoms with Gasteiger partial charge in [0.05, 0.1) is 4.47 Å². The summed E-state index contributed by atoms with van der Waals surface area (Å²) in [6.45, 7) is 13.3. The lowest BCUT2D eigenvalue weighted by atomic mass is 9.82. The largest absolute Gasteiger partial charge is 0.364 e. The molecule has 0 atom stereocenters. The van der Waals surface area contributed by atoms with Crippen molar-refractivity contribution in [1.29, 1.82) is 0 Å². The molecule has 1 rings (SSSR count). The molecule has 17 heavy (non-hydrogen) atoms. The minimum Gasteiger partial charge on any atom is -0.364 e.